The molecule has 0 bridgehead atoms. The van der Waals surface area contributed by atoms with Gasteiger partial charge in [-0.15, -0.1) is 5.10 Å². The van der Waals surface area contributed by atoms with Crippen LogP contribution in [0.5, 0.6) is 0 Å². The number of aromatic nitrogens is 4. The van der Waals surface area contributed by atoms with Crippen molar-refractivity contribution < 1.29 is 9.59 Å². The van der Waals surface area contributed by atoms with Gasteiger partial charge in [0.2, 0.25) is 5.91 Å². The molecule has 2 heterocycles. The lowest BCUT2D eigenvalue weighted by Gasteiger charge is -2.04. The van der Waals surface area contributed by atoms with Crippen molar-refractivity contribution in [1.82, 2.24) is 30.6 Å². The van der Waals surface area contributed by atoms with Gasteiger partial charge in [-0.25, -0.2) is 9.48 Å². The number of thioether (sulfide) groups is 1. The Morgan fingerprint density at radius 2 is 1.81 bits per heavy atom. The maximum Gasteiger partial charge on any atom is 0.321 e. The molecular weight excluding hydrogens is 364 g/mol. The Morgan fingerprint density at radius 1 is 1.11 bits per heavy atom. The van der Waals surface area contributed by atoms with Crippen molar-refractivity contribution in [2.75, 3.05) is 12.8 Å². The lowest BCUT2D eigenvalue weighted by atomic mass is 10.2. The average molecular weight is 384 g/mol. The third-order valence-electron chi connectivity index (χ3n) is 4.07. The molecule has 3 rings (SSSR count). The first-order valence-electron chi connectivity index (χ1n) is 8.34. The van der Waals surface area contributed by atoms with Crippen LogP contribution < -0.4 is 10.6 Å². The van der Waals surface area contributed by atoms with Crippen LogP contribution in [0, 0.1) is 20.8 Å². The van der Waals surface area contributed by atoms with Crippen LogP contribution in [0.2, 0.25) is 0 Å². The second-order valence-electron chi connectivity index (χ2n) is 6.06. The standard InChI is InChI=1S/C18H20N6O2S/c1-10-5-7-13(8-6-10)24-12(3)15-11(2)21-22-17(16(15)23-24)27-9-14(25)20-18(26)19-4/h5-8H,9H2,1-4H3,(H2,19,20,25,26). The molecule has 0 saturated carbocycles. The van der Waals surface area contributed by atoms with E-state index in [1.54, 1.807) is 0 Å². The van der Waals surface area contributed by atoms with Crippen LogP contribution in [-0.2, 0) is 4.79 Å². The first kappa shape index (κ1) is 18.8. The van der Waals surface area contributed by atoms with E-state index in [1.807, 2.05) is 49.7 Å². The molecule has 3 amide bonds. The molecule has 140 valence electrons. The number of nitrogens with zero attached hydrogens (tertiary/aromatic N) is 4. The summed E-state index contributed by atoms with van der Waals surface area (Å²) in [5.74, 6) is -0.374. The van der Waals surface area contributed by atoms with Crippen molar-refractivity contribution in [3.8, 4) is 5.69 Å². The number of nitrogens with one attached hydrogen (secondary N) is 2. The Kier molecular flexibility index (Phi) is 5.41. The molecule has 9 heteroatoms. The Bertz CT molecular complexity index is 1010. The molecule has 0 fully saturated rings. The van der Waals surface area contributed by atoms with Crippen LogP contribution in [0.15, 0.2) is 29.3 Å². The van der Waals surface area contributed by atoms with Gasteiger partial charge in [-0.2, -0.15) is 10.2 Å². The third kappa shape index (κ3) is 3.92. The van der Waals surface area contributed by atoms with Crippen molar-refractivity contribution in [2.24, 2.45) is 0 Å². The maximum atomic E-state index is 11.8. The fraction of sp³-hybridized carbons (Fsp3) is 0.278. The number of carbonyl (C=O) groups is 2. The molecule has 0 radical (unpaired) electrons. The van der Waals surface area contributed by atoms with Crippen molar-refractivity contribution >= 4 is 34.6 Å². The van der Waals surface area contributed by atoms with Crippen LogP contribution in [0.3, 0.4) is 0 Å². The number of carbonyl (C=O) groups excluding carboxylic acids is 2. The quantitative estimate of drug-likeness (QED) is 0.669. The smallest absolute Gasteiger partial charge is 0.321 e. The predicted molar refractivity (Wildman–Crippen MR) is 104 cm³/mol. The zero-order valence-electron chi connectivity index (χ0n) is 15.5. The number of rotatable bonds is 4. The van der Waals surface area contributed by atoms with Gasteiger partial charge in [0.15, 0.2) is 0 Å². The highest BCUT2D eigenvalue weighted by atomic mass is 32.2. The van der Waals surface area contributed by atoms with E-state index >= 15 is 0 Å². The fourth-order valence-electron chi connectivity index (χ4n) is 2.70. The molecule has 8 nitrogen and oxygen atoms in total. The Hall–Kier alpha value is -2.94. The van der Waals surface area contributed by atoms with E-state index in [9.17, 15) is 9.59 Å². The first-order chi connectivity index (χ1) is 12.9. The van der Waals surface area contributed by atoms with Gasteiger partial charge in [-0.05, 0) is 32.9 Å². The van der Waals surface area contributed by atoms with E-state index in [2.05, 4.69) is 20.8 Å². The highest BCUT2D eigenvalue weighted by molar-refractivity contribution is 8.00. The van der Waals surface area contributed by atoms with Crippen molar-refractivity contribution in [3.05, 3.63) is 41.2 Å². The van der Waals surface area contributed by atoms with Gasteiger partial charge in [0.25, 0.3) is 0 Å². The second kappa shape index (κ2) is 7.75. The highest BCUT2D eigenvalue weighted by Crippen LogP contribution is 2.29. The molecule has 0 aliphatic carbocycles. The van der Waals surface area contributed by atoms with Crippen molar-refractivity contribution in [1.29, 1.82) is 0 Å². The van der Waals surface area contributed by atoms with Crippen LogP contribution >= 0.6 is 11.8 Å². The van der Waals surface area contributed by atoms with Crippen LogP contribution in [-0.4, -0.2) is 44.7 Å². The molecule has 0 unspecified atom stereocenters. The molecule has 0 aliphatic heterocycles. The maximum absolute atomic E-state index is 11.8. The van der Waals surface area contributed by atoms with E-state index in [0.717, 1.165) is 22.5 Å². The average Bonchev–Trinajstić information content (AvgIpc) is 3.00. The SMILES string of the molecule is CNC(=O)NC(=O)CSc1nnc(C)c2c(C)n(-c3ccc(C)cc3)nc12. The highest BCUT2D eigenvalue weighted by Gasteiger charge is 2.18. The van der Waals surface area contributed by atoms with Crippen LogP contribution in [0.25, 0.3) is 16.6 Å². The molecule has 0 spiro atoms. The first-order valence-corrected chi connectivity index (χ1v) is 9.33. The van der Waals surface area contributed by atoms with Gasteiger partial charge in [0, 0.05) is 12.4 Å². The van der Waals surface area contributed by atoms with Crippen LogP contribution in [0.4, 0.5) is 4.79 Å². The monoisotopic (exact) mass is 384 g/mol. The van der Waals surface area contributed by atoms with E-state index < -0.39 is 11.9 Å². The summed E-state index contributed by atoms with van der Waals surface area (Å²) in [7, 11) is 1.45. The summed E-state index contributed by atoms with van der Waals surface area (Å²) in [5.41, 5.74) is 4.55. The molecule has 2 N–H and O–H groups in total. The number of fused-ring (bicyclic) bond motifs is 1. The minimum atomic E-state index is -0.541. The molecule has 1 aromatic carbocycles. The topological polar surface area (TPSA) is 102 Å². The Balaban J connectivity index is 1.94. The number of imide groups is 1. The normalized spacial score (nSPS) is 10.8. The van der Waals surface area contributed by atoms with Crippen molar-refractivity contribution in [3.63, 3.8) is 0 Å². The minimum Gasteiger partial charge on any atom is -0.341 e. The van der Waals surface area contributed by atoms with Gasteiger partial charge in [0.1, 0.15) is 10.5 Å². The predicted octanol–water partition coefficient (Wildman–Crippen LogP) is 2.29. The zero-order valence-corrected chi connectivity index (χ0v) is 16.3. The largest absolute Gasteiger partial charge is 0.341 e. The molecule has 0 aliphatic rings. The van der Waals surface area contributed by atoms with Gasteiger partial charge < -0.3 is 5.32 Å². The number of benzene rings is 1. The fourth-order valence-corrected chi connectivity index (χ4v) is 3.41. The summed E-state index contributed by atoms with van der Waals surface area (Å²) in [6.45, 7) is 5.90. The Labute approximate surface area is 160 Å². The van der Waals surface area contributed by atoms with Gasteiger partial charge in [-0.3, -0.25) is 10.1 Å². The molecular formula is C18H20N6O2S. The summed E-state index contributed by atoms with van der Waals surface area (Å²) in [6.07, 6.45) is 0. The van der Waals surface area contributed by atoms with Gasteiger partial charge in [-0.1, -0.05) is 29.5 Å². The second-order valence-corrected chi connectivity index (χ2v) is 7.03. The third-order valence-corrected chi connectivity index (χ3v) is 5.03. The number of aryl methyl sites for hydroxylation is 3. The lowest BCUT2D eigenvalue weighted by molar-refractivity contribution is -0.117. The summed E-state index contributed by atoms with van der Waals surface area (Å²) in [6, 6.07) is 7.54. The molecule has 3 aromatic rings. The summed E-state index contributed by atoms with van der Waals surface area (Å²) < 4.78 is 1.86. The van der Waals surface area contributed by atoms with Crippen LogP contribution in [0.1, 0.15) is 17.0 Å². The number of amides is 3. The Morgan fingerprint density at radius 3 is 2.48 bits per heavy atom. The summed E-state index contributed by atoms with van der Waals surface area (Å²) in [4.78, 5) is 23.1. The van der Waals surface area contributed by atoms with Gasteiger partial charge >= 0.3 is 6.03 Å². The molecule has 0 atom stereocenters. The lowest BCUT2D eigenvalue weighted by Crippen LogP contribution is -2.38. The number of hydrogen-bond acceptors (Lipinski definition) is 6. The summed E-state index contributed by atoms with van der Waals surface area (Å²) in [5, 5.41) is 19.1. The zero-order chi connectivity index (χ0) is 19.6. The number of urea groups is 1. The number of hydrogen-bond donors (Lipinski definition) is 2. The van der Waals surface area contributed by atoms with E-state index in [1.165, 1.54) is 24.4 Å². The summed E-state index contributed by atoms with van der Waals surface area (Å²) >= 11 is 1.20. The van der Waals surface area contributed by atoms with Gasteiger partial charge in [0.05, 0.1) is 22.8 Å². The van der Waals surface area contributed by atoms with Crippen molar-refractivity contribution in [2.45, 2.75) is 25.8 Å². The minimum absolute atomic E-state index is 0.0384. The molecule has 2 aromatic heterocycles. The van der Waals surface area contributed by atoms with E-state index in [0.29, 0.717) is 10.5 Å². The van der Waals surface area contributed by atoms with E-state index in [4.69, 9.17) is 5.10 Å². The van der Waals surface area contributed by atoms with E-state index in [-0.39, 0.29) is 5.75 Å². The molecule has 27 heavy (non-hydrogen) atoms. The molecule has 0 saturated heterocycles.